The molecular weight excluding hydrogens is 266 g/mol. The summed E-state index contributed by atoms with van der Waals surface area (Å²) in [6.45, 7) is 0.0612. The summed E-state index contributed by atoms with van der Waals surface area (Å²) < 4.78 is 48.2. The molecule has 0 saturated carbocycles. The summed E-state index contributed by atoms with van der Waals surface area (Å²) in [5.74, 6) is -1.84. The molecule has 0 heterocycles. The summed E-state index contributed by atoms with van der Waals surface area (Å²) in [6.07, 6.45) is -5.00. The van der Waals surface area contributed by atoms with Crippen molar-refractivity contribution < 1.29 is 27.5 Å². The minimum Gasteiger partial charge on any atom is -0.507 e. The molecule has 1 amide bonds. The zero-order valence-corrected chi connectivity index (χ0v) is 9.93. The minimum absolute atomic E-state index is 0.0612. The Hall–Kier alpha value is -1.79. The van der Waals surface area contributed by atoms with Crippen LogP contribution in [0, 0.1) is 5.82 Å². The molecule has 2 N–H and O–H groups in total. The third-order valence-electron chi connectivity index (χ3n) is 2.38. The Morgan fingerprint density at radius 2 is 1.95 bits per heavy atom. The van der Waals surface area contributed by atoms with Gasteiger partial charge in [-0.1, -0.05) is 0 Å². The zero-order chi connectivity index (χ0) is 14.5. The van der Waals surface area contributed by atoms with Gasteiger partial charge in [0.1, 0.15) is 11.6 Å². The van der Waals surface area contributed by atoms with Crippen LogP contribution in [-0.4, -0.2) is 23.7 Å². The van der Waals surface area contributed by atoms with Crippen molar-refractivity contribution in [3.63, 3.8) is 0 Å². The van der Waals surface area contributed by atoms with E-state index >= 15 is 0 Å². The first kappa shape index (κ1) is 15.3. The van der Waals surface area contributed by atoms with Crippen molar-refractivity contribution in [1.82, 2.24) is 5.32 Å². The summed E-state index contributed by atoms with van der Waals surface area (Å²) in [4.78, 5) is 11.5. The molecule has 1 aromatic carbocycles. The lowest BCUT2D eigenvalue weighted by molar-refractivity contribution is -0.135. The van der Waals surface area contributed by atoms with E-state index in [2.05, 4.69) is 5.32 Å². The summed E-state index contributed by atoms with van der Waals surface area (Å²) >= 11 is 0. The molecule has 1 aromatic rings. The van der Waals surface area contributed by atoms with Crippen LogP contribution in [-0.2, 0) is 0 Å². The number of nitrogens with one attached hydrogen (secondary N) is 1. The van der Waals surface area contributed by atoms with Crippen LogP contribution in [0.5, 0.6) is 5.75 Å². The molecule has 3 nitrogen and oxygen atoms in total. The molecule has 19 heavy (non-hydrogen) atoms. The van der Waals surface area contributed by atoms with Crippen molar-refractivity contribution in [1.29, 1.82) is 0 Å². The topological polar surface area (TPSA) is 49.3 Å². The van der Waals surface area contributed by atoms with Crippen LogP contribution in [0.1, 0.15) is 29.6 Å². The number of aromatic hydroxyl groups is 1. The quantitative estimate of drug-likeness (QED) is 0.643. The molecule has 0 saturated heterocycles. The molecule has 1 rings (SSSR count). The normalized spacial score (nSPS) is 11.4. The van der Waals surface area contributed by atoms with E-state index in [1.165, 1.54) is 0 Å². The smallest absolute Gasteiger partial charge is 0.389 e. The van der Waals surface area contributed by atoms with Crippen LogP contribution >= 0.6 is 0 Å². The molecule has 0 spiro atoms. The fourth-order valence-electron chi connectivity index (χ4n) is 1.44. The standard InChI is InChI=1S/C12H13F4NO2/c13-8-3-4-9(10(18)7-8)11(19)17-6-2-1-5-12(14,15)16/h3-4,7,18H,1-2,5-6H2,(H,17,19). The Kier molecular flexibility index (Phi) is 5.14. The maximum Gasteiger partial charge on any atom is 0.389 e. The highest BCUT2D eigenvalue weighted by atomic mass is 19.4. The maximum atomic E-state index is 12.7. The van der Waals surface area contributed by atoms with Gasteiger partial charge in [-0.25, -0.2) is 4.39 Å². The highest BCUT2D eigenvalue weighted by molar-refractivity contribution is 5.96. The molecule has 7 heteroatoms. The van der Waals surface area contributed by atoms with Gasteiger partial charge in [-0.15, -0.1) is 0 Å². The Morgan fingerprint density at radius 1 is 1.26 bits per heavy atom. The van der Waals surface area contributed by atoms with Crippen molar-refractivity contribution in [2.75, 3.05) is 6.54 Å². The number of benzene rings is 1. The van der Waals surface area contributed by atoms with E-state index in [0.29, 0.717) is 0 Å². The Labute approximate surface area is 107 Å². The number of phenols is 1. The Bertz CT molecular complexity index is 446. The zero-order valence-electron chi connectivity index (χ0n) is 9.93. The largest absolute Gasteiger partial charge is 0.507 e. The number of hydrogen-bond acceptors (Lipinski definition) is 2. The van der Waals surface area contributed by atoms with Crippen LogP contribution in [0.3, 0.4) is 0 Å². The lowest BCUT2D eigenvalue weighted by Gasteiger charge is -2.08. The van der Waals surface area contributed by atoms with E-state index in [1.807, 2.05) is 0 Å². The second-order valence-corrected chi connectivity index (χ2v) is 3.99. The SMILES string of the molecule is O=C(NCCCCC(F)(F)F)c1ccc(F)cc1O. The van der Waals surface area contributed by atoms with Crippen LogP contribution < -0.4 is 5.32 Å². The van der Waals surface area contributed by atoms with Gasteiger partial charge in [0.15, 0.2) is 0 Å². The molecule has 0 aliphatic heterocycles. The monoisotopic (exact) mass is 279 g/mol. The molecule has 0 atom stereocenters. The van der Waals surface area contributed by atoms with Gasteiger partial charge in [0.2, 0.25) is 0 Å². The van der Waals surface area contributed by atoms with E-state index in [-0.39, 0.29) is 24.9 Å². The molecule has 0 bridgehead atoms. The third kappa shape index (κ3) is 5.58. The number of unbranched alkanes of at least 4 members (excludes halogenated alkanes) is 1. The maximum absolute atomic E-state index is 12.7. The predicted octanol–water partition coefficient (Wildman–Crippen LogP) is 2.99. The van der Waals surface area contributed by atoms with E-state index in [9.17, 15) is 27.5 Å². The van der Waals surface area contributed by atoms with Crippen molar-refractivity contribution >= 4 is 5.91 Å². The first-order valence-electron chi connectivity index (χ1n) is 5.63. The number of alkyl halides is 3. The molecule has 0 aliphatic carbocycles. The number of carbonyl (C=O) groups is 1. The van der Waals surface area contributed by atoms with E-state index in [0.717, 1.165) is 18.2 Å². The van der Waals surface area contributed by atoms with Crippen LogP contribution in [0.4, 0.5) is 17.6 Å². The lowest BCUT2D eigenvalue weighted by atomic mass is 10.1. The number of halogens is 4. The van der Waals surface area contributed by atoms with Crippen molar-refractivity contribution in [2.24, 2.45) is 0 Å². The van der Waals surface area contributed by atoms with Crippen LogP contribution in [0.15, 0.2) is 18.2 Å². The van der Waals surface area contributed by atoms with E-state index < -0.39 is 30.1 Å². The van der Waals surface area contributed by atoms with E-state index in [1.54, 1.807) is 0 Å². The van der Waals surface area contributed by atoms with Gasteiger partial charge in [-0.3, -0.25) is 4.79 Å². The summed E-state index contributed by atoms with van der Waals surface area (Å²) in [5.41, 5.74) is -0.114. The second-order valence-electron chi connectivity index (χ2n) is 3.99. The third-order valence-corrected chi connectivity index (χ3v) is 2.38. The van der Waals surface area contributed by atoms with Gasteiger partial charge < -0.3 is 10.4 Å². The highest BCUT2D eigenvalue weighted by Gasteiger charge is 2.25. The average molecular weight is 279 g/mol. The van der Waals surface area contributed by atoms with Crippen molar-refractivity contribution in [3.8, 4) is 5.75 Å². The Morgan fingerprint density at radius 3 is 2.53 bits per heavy atom. The summed E-state index contributed by atoms with van der Waals surface area (Å²) in [6, 6.07) is 2.91. The van der Waals surface area contributed by atoms with Gasteiger partial charge >= 0.3 is 6.18 Å². The minimum atomic E-state index is -4.20. The van der Waals surface area contributed by atoms with Gasteiger partial charge in [-0.05, 0) is 25.0 Å². The van der Waals surface area contributed by atoms with Crippen LogP contribution in [0.2, 0.25) is 0 Å². The first-order chi connectivity index (χ1) is 8.79. The summed E-state index contributed by atoms with van der Waals surface area (Å²) in [7, 11) is 0. The molecule has 0 fully saturated rings. The molecule has 0 unspecified atom stereocenters. The fraction of sp³-hybridized carbons (Fsp3) is 0.417. The first-order valence-corrected chi connectivity index (χ1v) is 5.63. The van der Waals surface area contributed by atoms with Gasteiger partial charge in [0.05, 0.1) is 5.56 Å². The number of amides is 1. The molecular formula is C12H13F4NO2. The number of rotatable bonds is 5. The van der Waals surface area contributed by atoms with Gasteiger partial charge in [0.25, 0.3) is 5.91 Å². The van der Waals surface area contributed by atoms with Gasteiger partial charge in [0, 0.05) is 19.0 Å². The van der Waals surface area contributed by atoms with Crippen molar-refractivity contribution in [2.45, 2.75) is 25.4 Å². The number of phenolic OH excluding ortho intramolecular Hbond substituents is 1. The molecule has 0 radical (unpaired) electrons. The fourth-order valence-corrected chi connectivity index (χ4v) is 1.44. The Balaban J connectivity index is 2.36. The highest BCUT2D eigenvalue weighted by Crippen LogP contribution is 2.22. The van der Waals surface area contributed by atoms with E-state index in [4.69, 9.17) is 0 Å². The van der Waals surface area contributed by atoms with Crippen molar-refractivity contribution in [3.05, 3.63) is 29.6 Å². The average Bonchev–Trinajstić information content (AvgIpc) is 2.26. The number of carbonyl (C=O) groups excluding carboxylic acids is 1. The summed E-state index contributed by atoms with van der Waals surface area (Å²) in [5, 5.41) is 11.7. The van der Waals surface area contributed by atoms with Gasteiger partial charge in [-0.2, -0.15) is 13.2 Å². The number of hydrogen-bond donors (Lipinski definition) is 2. The second kappa shape index (κ2) is 6.40. The van der Waals surface area contributed by atoms with Crippen LogP contribution in [0.25, 0.3) is 0 Å². The predicted molar refractivity (Wildman–Crippen MR) is 60.3 cm³/mol. The molecule has 0 aromatic heterocycles. The molecule has 0 aliphatic rings. The molecule has 106 valence electrons. The lowest BCUT2D eigenvalue weighted by Crippen LogP contribution is -2.24.